The van der Waals surface area contributed by atoms with Crippen molar-refractivity contribution in [2.24, 2.45) is 0 Å². The summed E-state index contributed by atoms with van der Waals surface area (Å²) in [4.78, 5) is 4.15. The molecule has 0 aliphatic heterocycles. The molecule has 2 nitrogen and oxygen atoms in total. The van der Waals surface area contributed by atoms with Crippen molar-refractivity contribution in [2.75, 3.05) is 7.11 Å². The molecular formula is C13H12ClNO. The van der Waals surface area contributed by atoms with Crippen LogP contribution in [0.3, 0.4) is 0 Å². The molecule has 16 heavy (non-hydrogen) atoms. The van der Waals surface area contributed by atoms with Gasteiger partial charge in [0.05, 0.1) is 7.11 Å². The average Bonchev–Trinajstić information content (AvgIpc) is 2.39. The van der Waals surface area contributed by atoms with Gasteiger partial charge >= 0.3 is 0 Å². The van der Waals surface area contributed by atoms with Crippen LogP contribution in [0, 0.1) is 0 Å². The van der Waals surface area contributed by atoms with Gasteiger partial charge in [0, 0.05) is 18.1 Å². The SMILES string of the molecule is COc1cc(-c2ccccc2)c(CCl)cn1. The van der Waals surface area contributed by atoms with Crippen LogP contribution >= 0.6 is 11.6 Å². The molecule has 2 aromatic rings. The Bertz CT molecular complexity index is 471. The second-order valence-corrected chi connectivity index (χ2v) is 3.65. The fraction of sp³-hybridized carbons (Fsp3) is 0.154. The Balaban J connectivity index is 2.53. The van der Waals surface area contributed by atoms with E-state index in [1.807, 2.05) is 36.4 Å². The van der Waals surface area contributed by atoms with Gasteiger partial charge in [-0.15, -0.1) is 11.6 Å². The van der Waals surface area contributed by atoms with Crippen LogP contribution in [0.25, 0.3) is 11.1 Å². The fourth-order valence-electron chi connectivity index (χ4n) is 1.57. The van der Waals surface area contributed by atoms with E-state index >= 15 is 0 Å². The minimum absolute atomic E-state index is 0.446. The molecule has 0 saturated carbocycles. The fourth-order valence-corrected chi connectivity index (χ4v) is 1.78. The lowest BCUT2D eigenvalue weighted by Crippen LogP contribution is -1.92. The molecule has 1 aromatic carbocycles. The van der Waals surface area contributed by atoms with Crippen LogP contribution in [0.1, 0.15) is 5.56 Å². The monoisotopic (exact) mass is 233 g/mol. The number of aromatic nitrogens is 1. The van der Waals surface area contributed by atoms with Gasteiger partial charge in [0.25, 0.3) is 0 Å². The highest BCUT2D eigenvalue weighted by Gasteiger charge is 2.06. The number of halogens is 1. The standard InChI is InChI=1S/C13H12ClNO/c1-16-13-7-12(11(8-14)9-15-13)10-5-3-2-4-6-10/h2-7,9H,8H2,1H3. The minimum atomic E-state index is 0.446. The number of alkyl halides is 1. The van der Waals surface area contributed by atoms with Gasteiger partial charge in [0.15, 0.2) is 0 Å². The first-order valence-electron chi connectivity index (χ1n) is 4.99. The number of benzene rings is 1. The summed E-state index contributed by atoms with van der Waals surface area (Å²) in [5.74, 6) is 1.05. The second-order valence-electron chi connectivity index (χ2n) is 3.38. The summed E-state index contributed by atoms with van der Waals surface area (Å²) >= 11 is 5.90. The lowest BCUT2D eigenvalue weighted by Gasteiger charge is -2.08. The molecule has 2 rings (SSSR count). The Hall–Kier alpha value is -1.54. The highest BCUT2D eigenvalue weighted by atomic mass is 35.5. The largest absolute Gasteiger partial charge is 0.481 e. The molecule has 1 heterocycles. The van der Waals surface area contributed by atoms with Gasteiger partial charge in [-0.3, -0.25) is 0 Å². The summed E-state index contributed by atoms with van der Waals surface area (Å²) in [6.45, 7) is 0. The van der Waals surface area contributed by atoms with Crippen molar-refractivity contribution in [3.05, 3.63) is 48.2 Å². The Morgan fingerprint density at radius 1 is 1.25 bits per heavy atom. The summed E-state index contributed by atoms with van der Waals surface area (Å²) in [6, 6.07) is 12.0. The zero-order valence-corrected chi connectivity index (χ0v) is 9.74. The van der Waals surface area contributed by atoms with E-state index in [-0.39, 0.29) is 0 Å². The maximum atomic E-state index is 5.90. The third-order valence-corrected chi connectivity index (χ3v) is 2.69. The number of hydrogen-bond acceptors (Lipinski definition) is 2. The van der Waals surface area contributed by atoms with Crippen LogP contribution in [0.2, 0.25) is 0 Å². The van der Waals surface area contributed by atoms with Crippen molar-refractivity contribution in [2.45, 2.75) is 5.88 Å². The molecule has 0 atom stereocenters. The van der Waals surface area contributed by atoms with Gasteiger partial charge in [-0.2, -0.15) is 0 Å². The van der Waals surface area contributed by atoms with E-state index in [1.165, 1.54) is 0 Å². The topological polar surface area (TPSA) is 22.1 Å². The maximum absolute atomic E-state index is 5.90. The molecule has 0 N–H and O–H groups in total. The van der Waals surface area contributed by atoms with Gasteiger partial charge in [-0.05, 0) is 16.7 Å². The molecule has 0 spiro atoms. The summed E-state index contributed by atoms with van der Waals surface area (Å²) in [6.07, 6.45) is 1.76. The Morgan fingerprint density at radius 3 is 2.62 bits per heavy atom. The third kappa shape index (κ3) is 2.17. The van der Waals surface area contributed by atoms with E-state index < -0.39 is 0 Å². The molecule has 0 amide bonds. The molecule has 3 heteroatoms. The first-order chi connectivity index (χ1) is 7.85. The molecule has 0 saturated heterocycles. The van der Waals surface area contributed by atoms with E-state index in [1.54, 1.807) is 13.3 Å². The normalized spacial score (nSPS) is 10.1. The van der Waals surface area contributed by atoms with Crippen molar-refractivity contribution in [3.8, 4) is 17.0 Å². The number of nitrogens with zero attached hydrogens (tertiary/aromatic N) is 1. The minimum Gasteiger partial charge on any atom is -0.481 e. The number of methoxy groups -OCH3 is 1. The first-order valence-corrected chi connectivity index (χ1v) is 5.53. The molecule has 0 unspecified atom stereocenters. The van der Waals surface area contributed by atoms with Crippen LogP contribution in [0.15, 0.2) is 42.6 Å². The lowest BCUT2D eigenvalue weighted by molar-refractivity contribution is 0.398. The molecule has 0 aliphatic carbocycles. The number of hydrogen-bond donors (Lipinski definition) is 0. The maximum Gasteiger partial charge on any atom is 0.213 e. The van der Waals surface area contributed by atoms with Crippen molar-refractivity contribution in [1.29, 1.82) is 0 Å². The van der Waals surface area contributed by atoms with Crippen molar-refractivity contribution in [3.63, 3.8) is 0 Å². The number of pyridine rings is 1. The van der Waals surface area contributed by atoms with E-state index in [9.17, 15) is 0 Å². The zero-order valence-electron chi connectivity index (χ0n) is 8.98. The average molecular weight is 234 g/mol. The molecule has 0 bridgehead atoms. The summed E-state index contributed by atoms with van der Waals surface area (Å²) in [5, 5.41) is 0. The van der Waals surface area contributed by atoms with Crippen LogP contribution in [0.4, 0.5) is 0 Å². The van der Waals surface area contributed by atoms with Crippen LogP contribution in [0.5, 0.6) is 5.88 Å². The van der Waals surface area contributed by atoms with Crippen LogP contribution in [-0.2, 0) is 5.88 Å². The van der Waals surface area contributed by atoms with Gasteiger partial charge in [0.1, 0.15) is 0 Å². The summed E-state index contributed by atoms with van der Waals surface area (Å²) in [5.41, 5.74) is 3.20. The van der Waals surface area contributed by atoms with Crippen LogP contribution < -0.4 is 4.74 Å². The smallest absolute Gasteiger partial charge is 0.213 e. The molecule has 82 valence electrons. The van der Waals surface area contributed by atoms with E-state index in [0.717, 1.165) is 16.7 Å². The molecular weight excluding hydrogens is 222 g/mol. The molecule has 0 radical (unpaired) electrons. The van der Waals surface area contributed by atoms with E-state index in [2.05, 4.69) is 4.98 Å². The molecule has 0 fully saturated rings. The predicted octanol–water partition coefficient (Wildman–Crippen LogP) is 3.50. The third-order valence-electron chi connectivity index (χ3n) is 2.40. The highest BCUT2D eigenvalue weighted by molar-refractivity contribution is 6.17. The quantitative estimate of drug-likeness (QED) is 0.757. The lowest BCUT2D eigenvalue weighted by atomic mass is 10.0. The zero-order chi connectivity index (χ0) is 11.4. The van der Waals surface area contributed by atoms with E-state index in [0.29, 0.717) is 11.8 Å². The predicted molar refractivity (Wildman–Crippen MR) is 65.8 cm³/mol. The number of rotatable bonds is 3. The van der Waals surface area contributed by atoms with E-state index in [4.69, 9.17) is 16.3 Å². The Kier molecular flexibility index (Phi) is 3.42. The molecule has 1 aromatic heterocycles. The Labute approximate surface area is 99.9 Å². The number of ether oxygens (including phenoxy) is 1. The summed E-state index contributed by atoms with van der Waals surface area (Å²) < 4.78 is 5.12. The van der Waals surface area contributed by atoms with Crippen molar-refractivity contribution in [1.82, 2.24) is 4.98 Å². The second kappa shape index (κ2) is 4.99. The van der Waals surface area contributed by atoms with Gasteiger partial charge < -0.3 is 4.74 Å². The van der Waals surface area contributed by atoms with Gasteiger partial charge in [-0.25, -0.2) is 4.98 Å². The Morgan fingerprint density at radius 2 is 2.00 bits per heavy atom. The van der Waals surface area contributed by atoms with Crippen molar-refractivity contribution < 1.29 is 4.74 Å². The van der Waals surface area contributed by atoms with Crippen molar-refractivity contribution >= 4 is 11.6 Å². The highest BCUT2D eigenvalue weighted by Crippen LogP contribution is 2.27. The van der Waals surface area contributed by atoms with Crippen LogP contribution in [-0.4, -0.2) is 12.1 Å². The summed E-state index contributed by atoms with van der Waals surface area (Å²) in [7, 11) is 1.61. The van der Waals surface area contributed by atoms with Gasteiger partial charge in [-0.1, -0.05) is 30.3 Å². The first kappa shape index (κ1) is 11.0. The molecule has 0 aliphatic rings. The van der Waals surface area contributed by atoms with Gasteiger partial charge in [0.2, 0.25) is 5.88 Å².